The van der Waals surface area contributed by atoms with Gasteiger partial charge in [-0.25, -0.2) is 4.98 Å². The first-order valence-corrected chi connectivity index (χ1v) is 9.44. The summed E-state index contributed by atoms with van der Waals surface area (Å²) in [6, 6.07) is 23.3. The molecule has 0 radical (unpaired) electrons. The van der Waals surface area contributed by atoms with Crippen molar-refractivity contribution >= 4 is 23.1 Å². The molecule has 0 spiro atoms. The maximum atomic E-state index is 12.7. The molecule has 144 valence electrons. The molecule has 1 heterocycles. The van der Waals surface area contributed by atoms with Crippen molar-refractivity contribution in [3.05, 3.63) is 84.6 Å². The number of hydrogen-bond acceptors (Lipinski definition) is 4. The minimum Gasteiger partial charge on any atom is -0.338 e. The highest BCUT2D eigenvalue weighted by Crippen LogP contribution is 2.31. The number of carbonyl (C=O) groups excluding carboxylic acids is 1. The zero-order valence-electron chi connectivity index (χ0n) is 16.4. The van der Waals surface area contributed by atoms with Crippen LogP contribution in [0.2, 0.25) is 0 Å². The number of pyridine rings is 1. The standard InChI is InChI=1S/C23H26N4O/c1-26(2)17-10-18-27(20-13-7-4-8-14-20)21-15-9-16-24-22(21)25-23(28)19-11-5-3-6-12-19/h3-9,11-16H,10,17-18H2,1-2H3,(H,24,25,28). The number of carbonyl (C=O) groups is 1. The van der Waals surface area contributed by atoms with Crippen LogP contribution in [0.1, 0.15) is 16.8 Å². The Morgan fingerprint density at radius 2 is 1.57 bits per heavy atom. The zero-order valence-corrected chi connectivity index (χ0v) is 16.4. The Kier molecular flexibility index (Phi) is 6.76. The Morgan fingerprint density at radius 3 is 2.25 bits per heavy atom. The van der Waals surface area contributed by atoms with Crippen molar-refractivity contribution in [1.82, 2.24) is 9.88 Å². The van der Waals surface area contributed by atoms with Gasteiger partial charge in [-0.2, -0.15) is 0 Å². The van der Waals surface area contributed by atoms with Gasteiger partial charge in [0.05, 0.1) is 5.69 Å². The summed E-state index contributed by atoms with van der Waals surface area (Å²) in [6.07, 6.45) is 2.69. The van der Waals surface area contributed by atoms with Crippen LogP contribution >= 0.6 is 0 Å². The topological polar surface area (TPSA) is 48.5 Å². The molecule has 5 heteroatoms. The van der Waals surface area contributed by atoms with E-state index in [-0.39, 0.29) is 5.91 Å². The molecule has 0 aliphatic rings. The second-order valence-corrected chi connectivity index (χ2v) is 6.84. The zero-order chi connectivity index (χ0) is 19.8. The van der Waals surface area contributed by atoms with Crippen LogP contribution < -0.4 is 10.2 Å². The average molecular weight is 374 g/mol. The average Bonchev–Trinajstić information content (AvgIpc) is 2.73. The Bertz CT molecular complexity index is 881. The van der Waals surface area contributed by atoms with Crippen molar-refractivity contribution < 1.29 is 4.79 Å². The molecule has 28 heavy (non-hydrogen) atoms. The number of para-hydroxylation sites is 1. The Hall–Kier alpha value is -3.18. The van der Waals surface area contributed by atoms with Crippen molar-refractivity contribution in [1.29, 1.82) is 0 Å². The van der Waals surface area contributed by atoms with Gasteiger partial charge in [0.15, 0.2) is 5.82 Å². The molecule has 0 unspecified atom stereocenters. The van der Waals surface area contributed by atoms with E-state index in [2.05, 4.69) is 46.3 Å². The number of rotatable bonds is 8. The lowest BCUT2D eigenvalue weighted by molar-refractivity contribution is 0.102. The van der Waals surface area contributed by atoms with Crippen LogP contribution in [0.3, 0.4) is 0 Å². The Morgan fingerprint density at radius 1 is 0.893 bits per heavy atom. The summed E-state index contributed by atoms with van der Waals surface area (Å²) in [7, 11) is 4.14. The number of hydrogen-bond donors (Lipinski definition) is 1. The quantitative estimate of drug-likeness (QED) is 0.634. The van der Waals surface area contributed by atoms with Gasteiger partial charge in [-0.05, 0) is 63.5 Å². The van der Waals surface area contributed by atoms with Crippen LogP contribution in [0.25, 0.3) is 0 Å². The largest absolute Gasteiger partial charge is 0.338 e. The SMILES string of the molecule is CN(C)CCCN(c1ccccc1)c1cccnc1NC(=O)c1ccccc1. The first kappa shape index (κ1) is 19.6. The molecule has 1 aromatic heterocycles. The summed E-state index contributed by atoms with van der Waals surface area (Å²) < 4.78 is 0. The maximum Gasteiger partial charge on any atom is 0.256 e. The van der Waals surface area contributed by atoms with Crippen molar-refractivity contribution in [3.8, 4) is 0 Å². The summed E-state index contributed by atoms with van der Waals surface area (Å²) in [5.41, 5.74) is 2.57. The third-order valence-corrected chi connectivity index (χ3v) is 4.40. The van der Waals surface area contributed by atoms with Gasteiger partial charge in [0.25, 0.3) is 5.91 Å². The van der Waals surface area contributed by atoms with Gasteiger partial charge in [0.2, 0.25) is 0 Å². The van der Waals surface area contributed by atoms with Gasteiger partial charge in [0.1, 0.15) is 0 Å². The molecule has 3 aromatic rings. The van der Waals surface area contributed by atoms with E-state index in [1.54, 1.807) is 18.3 Å². The summed E-state index contributed by atoms with van der Waals surface area (Å²) in [5, 5.41) is 2.97. The summed E-state index contributed by atoms with van der Waals surface area (Å²) >= 11 is 0. The van der Waals surface area contributed by atoms with Crippen LogP contribution in [0.5, 0.6) is 0 Å². The van der Waals surface area contributed by atoms with Crippen LogP contribution in [0.15, 0.2) is 79.0 Å². The van der Waals surface area contributed by atoms with Crippen molar-refractivity contribution in [3.63, 3.8) is 0 Å². The number of nitrogens with zero attached hydrogens (tertiary/aromatic N) is 3. The highest BCUT2D eigenvalue weighted by atomic mass is 16.1. The van der Waals surface area contributed by atoms with Crippen molar-refractivity contribution in [2.45, 2.75) is 6.42 Å². The predicted octanol–water partition coefficient (Wildman–Crippen LogP) is 4.42. The van der Waals surface area contributed by atoms with Gasteiger partial charge in [-0.1, -0.05) is 36.4 Å². The first-order valence-electron chi connectivity index (χ1n) is 9.44. The normalized spacial score (nSPS) is 10.7. The Balaban J connectivity index is 1.88. The fraction of sp³-hybridized carbons (Fsp3) is 0.217. The lowest BCUT2D eigenvalue weighted by Crippen LogP contribution is -2.25. The molecular weight excluding hydrogens is 348 g/mol. The Labute approximate surface area is 166 Å². The molecule has 3 rings (SSSR count). The van der Waals surface area contributed by atoms with E-state index in [9.17, 15) is 4.79 Å². The molecular formula is C23H26N4O. The smallest absolute Gasteiger partial charge is 0.256 e. The van der Waals surface area contributed by atoms with E-state index in [0.29, 0.717) is 11.4 Å². The summed E-state index contributed by atoms with van der Waals surface area (Å²) in [6.45, 7) is 1.80. The molecule has 0 aliphatic carbocycles. The number of aromatic nitrogens is 1. The van der Waals surface area contributed by atoms with Crippen LogP contribution in [0.4, 0.5) is 17.2 Å². The molecule has 0 aliphatic heterocycles. The van der Waals surface area contributed by atoms with Crippen LogP contribution in [-0.2, 0) is 0 Å². The van der Waals surface area contributed by atoms with Crippen LogP contribution in [-0.4, -0.2) is 43.0 Å². The van der Waals surface area contributed by atoms with Gasteiger partial charge in [0, 0.05) is 24.0 Å². The van der Waals surface area contributed by atoms with Gasteiger partial charge < -0.3 is 15.1 Å². The minimum absolute atomic E-state index is 0.165. The van der Waals surface area contributed by atoms with Crippen LogP contribution in [0, 0.1) is 0 Å². The predicted molar refractivity (Wildman–Crippen MR) is 115 cm³/mol. The fourth-order valence-corrected chi connectivity index (χ4v) is 3.02. The van der Waals surface area contributed by atoms with Gasteiger partial charge >= 0.3 is 0 Å². The third-order valence-electron chi connectivity index (χ3n) is 4.40. The molecule has 1 amide bonds. The lowest BCUT2D eigenvalue weighted by atomic mass is 10.2. The number of amides is 1. The molecule has 0 fully saturated rings. The fourth-order valence-electron chi connectivity index (χ4n) is 3.02. The number of nitrogens with one attached hydrogen (secondary N) is 1. The van der Waals surface area contributed by atoms with E-state index in [0.717, 1.165) is 30.9 Å². The second-order valence-electron chi connectivity index (χ2n) is 6.84. The maximum absolute atomic E-state index is 12.7. The highest BCUT2D eigenvalue weighted by Gasteiger charge is 2.16. The molecule has 2 aromatic carbocycles. The van der Waals surface area contributed by atoms with E-state index in [1.165, 1.54) is 0 Å². The molecule has 0 bridgehead atoms. The number of anilines is 3. The molecule has 0 saturated carbocycles. The van der Waals surface area contributed by atoms with E-state index < -0.39 is 0 Å². The van der Waals surface area contributed by atoms with E-state index in [4.69, 9.17) is 0 Å². The highest BCUT2D eigenvalue weighted by molar-refractivity contribution is 6.05. The minimum atomic E-state index is -0.165. The third kappa shape index (κ3) is 5.18. The summed E-state index contributed by atoms with van der Waals surface area (Å²) in [5.74, 6) is 0.395. The lowest BCUT2D eigenvalue weighted by Gasteiger charge is -2.27. The van der Waals surface area contributed by atoms with Gasteiger partial charge in [-0.3, -0.25) is 4.79 Å². The molecule has 1 N–H and O–H groups in total. The second kappa shape index (κ2) is 9.67. The summed E-state index contributed by atoms with van der Waals surface area (Å²) in [4.78, 5) is 21.5. The van der Waals surface area contributed by atoms with Crippen molar-refractivity contribution in [2.75, 3.05) is 37.4 Å². The molecule has 0 atom stereocenters. The monoisotopic (exact) mass is 374 g/mol. The molecule has 0 saturated heterocycles. The van der Waals surface area contributed by atoms with E-state index in [1.807, 2.05) is 48.5 Å². The number of benzene rings is 2. The van der Waals surface area contributed by atoms with Gasteiger partial charge in [-0.15, -0.1) is 0 Å². The first-order chi connectivity index (χ1) is 13.6. The van der Waals surface area contributed by atoms with E-state index >= 15 is 0 Å². The van der Waals surface area contributed by atoms with Crippen molar-refractivity contribution in [2.24, 2.45) is 0 Å². The molecule has 5 nitrogen and oxygen atoms in total.